The summed E-state index contributed by atoms with van der Waals surface area (Å²) in [6.45, 7) is 9.37. The lowest BCUT2D eigenvalue weighted by molar-refractivity contribution is -0.121. The van der Waals surface area contributed by atoms with Gasteiger partial charge >= 0.3 is 0 Å². The summed E-state index contributed by atoms with van der Waals surface area (Å²) in [6.07, 6.45) is 4.58. The zero-order chi connectivity index (χ0) is 14.5. The molecule has 0 bridgehead atoms. The SMILES string of the molecule is CCC(CCN)CCC(=O)NCCCOCC(C)C. The zero-order valence-corrected chi connectivity index (χ0v) is 12.9. The van der Waals surface area contributed by atoms with Crippen LogP contribution in [0.5, 0.6) is 0 Å². The van der Waals surface area contributed by atoms with Gasteiger partial charge in [0.15, 0.2) is 0 Å². The van der Waals surface area contributed by atoms with Crippen molar-refractivity contribution in [2.24, 2.45) is 17.6 Å². The van der Waals surface area contributed by atoms with Crippen molar-refractivity contribution < 1.29 is 9.53 Å². The number of amides is 1. The average Bonchev–Trinajstić information content (AvgIpc) is 2.38. The van der Waals surface area contributed by atoms with E-state index < -0.39 is 0 Å². The van der Waals surface area contributed by atoms with Crippen molar-refractivity contribution in [1.29, 1.82) is 0 Å². The Labute approximate surface area is 118 Å². The molecule has 114 valence electrons. The minimum absolute atomic E-state index is 0.152. The van der Waals surface area contributed by atoms with E-state index in [1.54, 1.807) is 0 Å². The highest BCUT2D eigenvalue weighted by atomic mass is 16.5. The van der Waals surface area contributed by atoms with E-state index in [-0.39, 0.29) is 5.91 Å². The van der Waals surface area contributed by atoms with E-state index >= 15 is 0 Å². The minimum atomic E-state index is 0.152. The summed E-state index contributed by atoms with van der Waals surface area (Å²) in [5, 5.41) is 2.94. The van der Waals surface area contributed by atoms with E-state index in [0.717, 1.165) is 38.9 Å². The normalized spacial score (nSPS) is 12.7. The molecule has 0 fully saturated rings. The molecule has 0 aliphatic rings. The highest BCUT2D eigenvalue weighted by Crippen LogP contribution is 2.14. The van der Waals surface area contributed by atoms with Gasteiger partial charge < -0.3 is 15.8 Å². The summed E-state index contributed by atoms with van der Waals surface area (Å²) >= 11 is 0. The van der Waals surface area contributed by atoms with Crippen molar-refractivity contribution in [3.63, 3.8) is 0 Å². The fourth-order valence-electron chi connectivity index (χ4n) is 1.93. The highest BCUT2D eigenvalue weighted by molar-refractivity contribution is 5.75. The number of hydrogen-bond acceptors (Lipinski definition) is 3. The van der Waals surface area contributed by atoms with E-state index in [2.05, 4.69) is 26.1 Å². The molecular weight excluding hydrogens is 240 g/mol. The smallest absolute Gasteiger partial charge is 0.220 e. The molecule has 1 amide bonds. The van der Waals surface area contributed by atoms with Gasteiger partial charge in [-0.3, -0.25) is 4.79 Å². The summed E-state index contributed by atoms with van der Waals surface area (Å²) in [5.41, 5.74) is 5.54. The standard InChI is InChI=1S/C15H32N2O2/c1-4-14(8-9-16)6-7-15(18)17-10-5-11-19-12-13(2)3/h13-14H,4-12,16H2,1-3H3,(H,17,18). The van der Waals surface area contributed by atoms with Gasteiger partial charge in [0.25, 0.3) is 0 Å². The molecule has 0 aromatic carbocycles. The number of rotatable bonds is 12. The Balaban J connectivity index is 3.43. The Kier molecular flexibility index (Phi) is 12.0. The van der Waals surface area contributed by atoms with Gasteiger partial charge in [0.05, 0.1) is 0 Å². The Morgan fingerprint density at radius 2 is 2.05 bits per heavy atom. The average molecular weight is 272 g/mol. The van der Waals surface area contributed by atoms with Gasteiger partial charge in [0.1, 0.15) is 0 Å². The van der Waals surface area contributed by atoms with Gasteiger partial charge in [-0.2, -0.15) is 0 Å². The van der Waals surface area contributed by atoms with Gasteiger partial charge in [-0.05, 0) is 37.6 Å². The molecule has 0 aliphatic carbocycles. The number of carbonyl (C=O) groups excluding carboxylic acids is 1. The first-order valence-corrected chi connectivity index (χ1v) is 7.64. The first-order valence-electron chi connectivity index (χ1n) is 7.64. The molecule has 0 aromatic heterocycles. The van der Waals surface area contributed by atoms with Gasteiger partial charge in [-0.25, -0.2) is 0 Å². The van der Waals surface area contributed by atoms with Crippen LogP contribution < -0.4 is 11.1 Å². The number of carbonyl (C=O) groups is 1. The van der Waals surface area contributed by atoms with Crippen molar-refractivity contribution in [2.75, 3.05) is 26.3 Å². The van der Waals surface area contributed by atoms with Crippen molar-refractivity contribution >= 4 is 5.91 Å². The lowest BCUT2D eigenvalue weighted by atomic mass is 9.96. The van der Waals surface area contributed by atoms with E-state index in [4.69, 9.17) is 10.5 Å². The second-order valence-electron chi connectivity index (χ2n) is 5.56. The first-order chi connectivity index (χ1) is 9.10. The van der Waals surface area contributed by atoms with Gasteiger partial charge in [0, 0.05) is 26.2 Å². The Morgan fingerprint density at radius 1 is 1.32 bits per heavy atom. The van der Waals surface area contributed by atoms with Crippen LogP contribution in [0, 0.1) is 11.8 Å². The molecule has 4 heteroatoms. The topological polar surface area (TPSA) is 64.4 Å². The third kappa shape index (κ3) is 12.2. The van der Waals surface area contributed by atoms with Crippen LogP contribution in [0.4, 0.5) is 0 Å². The van der Waals surface area contributed by atoms with Gasteiger partial charge in [-0.1, -0.05) is 27.2 Å². The Hall–Kier alpha value is -0.610. The summed E-state index contributed by atoms with van der Waals surface area (Å²) in [7, 11) is 0. The van der Waals surface area contributed by atoms with Gasteiger partial charge in [-0.15, -0.1) is 0 Å². The van der Waals surface area contributed by atoms with Crippen LogP contribution in [0.2, 0.25) is 0 Å². The maximum Gasteiger partial charge on any atom is 0.220 e. The van der Waals surface area contributed by atoms with E-state index in [9.17, 15) is 4.79 Å². The van der Waals surface area contributed by atoms with Crippen LogP contribution in [0.15, 0.2) is 0 Å². The fourth-order valence-corrected chi connectivity index (χ4v) is 1.93. The maximum atomic E-state index is 11.6. The molecule has 19 heavy (non-hydrogen) atoms. The predicted molar refractivity (Wildman–Crippen MR) is 80.0 cm³/mol. The summed E-state index contributed by atoms with van der Waals surface area (Å²) in [6, 6.07) is 0. The summed E-state index contributed by atoms with van der Waals surface area (Å²) < 4.78 is 5.46. The zero-order valence-electron chi connectivity index (χ0n) is 12.9. The second-order valence-corrected chi connectivity index (χ2v) is 5.56. The van der Waals surface area contributed by atoms with Gasteiger partial charge in [0.2, 0.25) is 5.91 Å². The van der Waals surface area contributed by atoms with Crippen molar-refractivity contribution in [3.8, 4) is 0 Å². The molecule has 4 nitrogen and oxygen atoms in total. The van der Waals surface area contributed by atoms with Crippen molar-refractivity contribution in [3.05, 3.63) is 0 Å². The molecule has 0 aliphatic heterocycles. The van der Waals surface area contributed by atoms with Crippen LogP contribution in [0.1, 0.15) is 52.9 Å². The molecule has 0 saturated heterocycles. The molecule has 1 unspecified atom stereocenters. The lowest BCUT2D eigenvalue weighted by Crippen LogP contribution is -2.26. The molecule has 0 radical (unpaired) electrons. The van der Waals surface area contributed by atoms with Crippen molar-refractivity contribution in [1.82, 2.24) is 5.32 Å². The molecular formula is C15H32N2O2. The molecule has 0 saturated carbocycles. The Bertz CT molecular complexity index is 220. The molecule has 0 spiro atoms. The predicted octanol–water partition coefficient (Wildman–Crippen LogP) is 2.32. The molecule has 0 rings (SSSR count). The fraction of sp³-hybridized carbons (Fsp3) is 0.933. The summed E-state index contributed by atoms with van der Waals surface area (Å²) in [4.78, 5) is 11.6. The third-order valence-corrected chi connectivity index (χ3v) is 3.17. The van der Waals surface area contributed by atoms with Crippen LogP contribution in [-0.4, -0.2) is 32.2 Å². The van der Waals surface area contributed by atoms with Crippen LogP contribution in [0.25, 0.3) is 0 Å². The molecule has 0 heterocycles. The first kappa shape index (κ1) is 18.4. The number of nitrogens with one attached hydrogen (secondary N) is 1. The number of ether oxygens (including phenoxy) is 1. The molecule has 0 aromatic rings. The number of hydrogen-bond donors (Lipinski definition) is 2. The van der Waals surface area contributed by atoms with E-state index in [0.29, 0.717) is 31.3 Å². The second kappa shape index (κ2) is 12.4. The maximum absolute atomic E-state index is 11.6. The highest BCUT2D eigenvalue weighted by Gasteiger charge is 2.08. The molecule has 3 N–H and O–H groups in total. The van der Waals surface area contributed by atoms with E-state index in [1.165, 1.54) is 0 Å². The lowest BCUT2D eigenvalue weighted by Gasteiger charge is -2.13. The van der Waals surface area contributed by atoms with Crippen LogP contribution in [-0.2, 0) is 9.53 Å². The molecule has 1 atom stereocenters. The van der Waals surface area contributed by atoms with Crippen LogP contribution in [0.3, 0.4) is 0 Å². The van der Waals surface area contributed by atoms with E-state index in [1.807, 2.05) is 0 Å². The number of nitrogens with two attached hydrogens (primary N) is 1. The minimum Gasteiger partial charge on any atom is -0.381 e. The van der Waals surface area contributed by atoms with Crippen molar-refractivity contribution in [2.45, 2.75) is 52.9 Å². The Morgan fingerprint density at radius 3 is 2.63 bits per heavy atom. The quantitative estimate of drug-likeness (QED) is 0.536. The largest absolute Gasteiger partial charge is 0.381 e. The van der Waals surface area contributed by atoms with Crippen LogP contribution >= 0.6 is 0 Å². The monoisotopic (exact) mass is 272 g/mol. The third-order valence-electron chi connectivity index (χ3n) is 3.17. The summed E-state index contributed by atoms with van der Waals surface area (Å²) in [5.74, 6) is 1.31.